The first kappa shape index (κ1) is 11.5. The molecule has 1 heterocycles. The van der Waals surface area contributed by atoms with Crippen molar-refractivity contribution in [3.05, 3.63) is 29.8 Å². The van der Waals surface area contributed by atoms with Gasteiger partial charge in [-0.25, -0.2) is 0 Å². The summed E-state index contributed by atoms with van der Waals surface area (Å²) in [5, 5.41) is 3.52. The van der Waals surface area contributed by atoms with Gasteiger partial charge in [-0.05, 0) is 36.6 Å². The second kappa shape index (κ2) is 4.46. The molecule has 16 heavy (non-hydrogen) atoms. The third-order valence-corrected chi connectivity index (χ3v) is 3.57. The van der Waals surface area contributed by atoms with Gasteiger partial charge in [-0.3, -0.25) is 0 Å². The lowest BCUT2D eigenvalue weighted by Crippen LogP contribution is -2.44. The van der Waals surface area contributed by atoms with E-state index in [0.717, 1.165) is 24.8 Å². The van der Waals surface area contributed by atoms with Gasteiger partial charge in [-0.1, -0.05) is 26.0 Å². The van der Waals surface area contributed by atoms with Crippen LogP contribution in [0.4, 0.5) is 0 Å². The smallest absolute Gasteiger partial charge is 0.119 e. The number of piperidine rings is 1. The maximum atomic E-state index is 5.30. The van der Waals surface area contributed by atoms with Crippen molar-refractivity contribution < 1.29 is 4.74 Å². The quantitative estimate of drug-likeness (QED) is 0.825. The van der Waals surface area contributed by atoms with Crippen LogP contribution in [0.3, 0.4) is 0 Å². The molecule has 2 atom stereocenters. The van der Waals surface area contributed by atoms with Gasteiger partial charge in [0, 0.05) is 12.0 Å². The molecule has 1 saturated heterocycles. The molecule has 0 spiro atoms. The van der Waals surface area contributed by atoms with Crippen LogP contribution in [-0.2, 0) is 5.41 Å². The fourth-order valence-electron chi connectivity index (χ4n) is 2.73. The zero-order chi connectivity index (χ0) is 11.6. The van der Waals surface area contributed by atoms with Crippen LogP contribution in [0, 0.1) is 5.92 Å². The Morgan fingerprint density at radius 3 is 2.94 bits per heavy atom. The molecule has 1 aliphatic rings. The molecular weight excluding hydrogens is 198 g/mol. The van der Waals surface area contributed by atoms with Gasteiger partial charge in [0.1, 0.15) is 5.75 Å². The Bertz CT molecular complexity index is 364. The van der Waals surface area contributed by atoms with Crippen LogP contribution in [0.1, 0.15) is 25.8 Å². The molecular formula is C14H21NO. The number of rotatable bonds is 2. The first-order valence-electron chi connectivity index (χ1n) is 5.99. The minimum atomic E-state index is 0.242. The molecule has 0 aromatic heterocycles. The topological polar surface area (TPSA) is 21.3 Å². The third-order valence-electron chi connectivity index (χ3n) is 3.57. The van der Waals surface area contributed by atoms with E-state index >= 15 is 0 Å². The summed E-state index contributed by atoms with van der Waals surface area (Å²) in [4.78, 5) is 0. The second-order valence-corrected chi connectivity index (χ2v) is 5.23. The van der Waals surface area contributed by atoms with Crippen LogP contribution in [0.15, 0.2) is 24.3 Å². The van der Waals surface area contributed by atoms with Crippen LogP contribution >= 0.6 is 0 Å². The van der Waals surface area contributed by atoms with E-state index in [1.54, 1.807) is 7.11 Å². The highest BCUT2D eigenvalue weighted by Crippen LogP contribution is 2.34. The van der Waals surface area contributed by atoms with Crippen molar-refractivity contribution in [2.45, 2.75) is 25.7 Å². The lowest BCUT2D eigenvalue weighted by Gasteiger charge is -2.38. The molecule has 2 nitrogen and oxygen atoms in total. The fraction of sp³-hybridized carbons (Fsp3) is 0.571. The SMILES string of the molecule is COc1cccc([C@@]2(C)CNC[C@H](C)C2)c1. The molecule has 0 unspecified atom stereocenters. The third kappa shape index (κ3) is 2.22. The molecule has 1 aromatic carbocycles. The molecule has 0 amide bonds. The molecule has 1 N–H and O–H groups in total. The maximum absolute atomic E-state index is 5.30. The molecule has 0 bridgehead atoms. The van der Waals surface area contributed by atoms with Gasteiger partial charge < -0.3 is 10.1 Å². The highest BCUT2D eigenvalue weighted by atomic mass is 16.5. The van der Waals surface area contributed by atoms with Gasteiger partial charge in [-0.2, -0.15) is 0 Å². The number of methoxy groups -OCH3 is 1. The first-order valence-corrected chi connectivity index (χ1v) is 5.99. The van der Waals surface area contributed by atoms with E-state index in [1.165, 1.54) is 12.0 Å². The Kier molecular flexibility index (Phi) is 3.20. The number of benzene rings is 1. The van der Waals surface area contributed by atoms with Gasteiger partial charge in [-0.15, -0.1) is 0 Å². The Balaban J connectivity index is 2.27. The van der Waals surface area contributed by atoms with Gasteiger partial charge in [0.25, 0.3) is 0 Å². The normalized spacial score (nSPS) is 30.1. The summed E-state index contributed by atoms with van der Waals surface area (Å²) in [5.41, 5.74) is 1.62. The second-order valence-electron chi connectivity index (χ2n) is 5.23. The van der Waals surface area contributed by atoms with Crippen molar-refractivity contribution in [3.63, 3.8) is 0 Å². The zero-order valence-corrected chi connectivity index (χ0v) is 10.4. The van der Waals surface area contributed by atoms with Crippen LogP contribution < -0.4 is 10.1 Å². The predicted molar refractivity (Wildman–Crippen MR) is 67.0 cm³/mol. The fourth-order valence-corrected chi connectivity index (χ4v) is 2.73. The molecule has 0 aliphatic carbocycles. The Morgan fingerprint density at radius 1 is 1.44 bits per heavy atom. The van der Waals surface area contributed by atoms with Crippen molar-refractivity contribution in [1.82, 2.24) is 5.32 Å². The van der Waals surface area contributed by atoms with E-state index in [-0.39, 0.29) is 5.41 Å². The molecule has 1 aromatic rings. The van der Waals surface area contributed by atoms with Gasteiger partial charge in [0.15, 0.2) is 0 Å². The van der Waals surface area contributed by atoms with Gasteiger partial charge in [0.2, 0.25) is 0 Å². The van der Waals surface area contributed by atoms with E-state index in [9.17, 15) is 0 Å². The maximum Gasteiger partial charge on any atom is 0.119 e. The summed E-state index contributed by atoms with van der Waals surface area (Å²) in [5.74, 6) is 1.70. The van der Waals surface area contributed by atoms with Crippen LogP contribution in [-0.4, -0.2) is 20.2 Å². The highest BCUT2D eigenvalue weighted by Gasteiger charge is 2.31. The Morgan fingerprint density at radius 2 is 2.25 bits per heavy atom. The van der Waals surface area contributed by atoms with Crippen LogP contribution in [0.5, 0.6) is 5.75 Å². The number of hydrogen-bond acceptors (Lipinski definition) is 2. The number of ether oxygens (including phenoxy) is 1. The van der Waals surface area contributed by atoms with E-state index in [4.69, 9.17) is 4.74 Å². The van der Waals surface area contributed by atoms with Crippen LogP contribution in [0.25, 0.3) is 0 Å². The summed E-state index contributed by atoms with van der Waals surface area (Å²) in [6.45, 7) is 6.85. The molecule has 1 aliphatic heterocycles. The molecule has 2 rings (SSSR count). The Labute approximate surface area is 98.0 Å². The molecule has 1 fully saturated rings. The highest BCUT2D eigenvalue weighted by molar-refractivity contribution is 5.34. The molecule has 88 valence electrons. The van der Waals surface area contributed by atoms with Crippen molar-refractivity contribution in [3.8, 4) is 5.75 Å². The van der Waals surface area contributed by atoms with Crippen LogP contribution in [0.2, 0.25) is 0 Å². The molecule has 0 saturated carbocycles. The van der Waals surface area contributed by atoms with Crippen molar-refractivity contribution in [2.75, 3.05) is 20.2 Å². The predicted octanol–water partition coefficient (Wildman–Crippen LogP) is 2.58. The number of hydrogen-bond donors (Lipinski definition) is 1. The standard InChI is InChI=1S/C14H21NO/c1-11-8-14(2,10-15-9-11)12-5-4-6-13(7-12)16-3/h4-7,11,15H,8-10H2,1-3H3/t11-,14-/m1/s1. The zero-order valence-electron chi connectivity index (χ0n) is 10.4. The minimum Gasteiger partial charge on any atom is -0.497 e. The van der Waals surface area contributed by atoms with Crippen molar-refractivity contribution in [2.24, 2.45) is 5.92 Å². The summed E-state index contributed by atoms with van der Waals surface area (Å²) in [6.07, 6.45) is 1.24. The molecule has 2 heteroatoms. The van der Waals surface area contributed by atoms with E-state index in [1.807, 2.05) is 6.07 Å². The molecule has 0 radical (unpaired) electrons. The largest absolute Gasteiger partial charge is 0.497 e. The van der Waals surface area contributed by atoms with Crippen molar-refractivity contribution >= 4 is 0 Å². The summed E-state index contributed by atoms with van der Waals surface area (Å²) in [6, 6.07) is 8.47. The number of nitrogens with one attached hydrogen (secondary N) is 1. The summed E-state index contributed by atoms with van der Waals surface area (Å²) < 4.78 is 5.30. The minimum absolute atomic E-state index is 0.242. The average Bonchev–Trinajstić information content (AvgIpc) is 2.29. The van der Waals surface area contributed by atoms with Crippen molar-refractivity contribution in [1.29, 1.82) is 0 Å². The monoisotopic (exact) mass is 219 g/mol. The summed E-state index contributed by atoms with van der Waals surface area (Å²) in [7, 11) is 1.73. The Hall–Kier alpha value is -1.02. The summed E-state index contributed by atoms with van der Waals surface area (Å²) >= 11 is 0. The van der Waals surface area contributed by atoms with E-state index < -0.39 is 0 Å². The lowest BCUT2D eigenvalue weighted by atomic mass is 9.73. The lowest BCUT2D eigenvalue weighted by molar-refractivity contribution is 0.271. The van der Waals surface area contributed by atoms with Gasteiger partial charge >= 0.3 is 0 Å². The van der Waals surface area contributed by atoms with E-state index in [2.05, 4.69) is 37.4 Å². The van der Waals surface area contributed by atoms with E-state index in [0.29, 0.717) is 0 Å². The van der Waals surface area contributed by atoms with Gasteiger partial charge in [0.05, 0.1) is 7.11 Å². The average molecular weight is 219 g/mol. The first-order chi connectivity index (χ1) is 7.64.